The van der Waals surface area contributed by atoms with Gasteiger partial charge in [0.05, 0.1) is 0 Å². The van der Waals surface area contributed by atoms with Crippen LogP contribution in [-0.2, 0) is 0 Å². The fourth-order valence-electron chi connectivity index (χ4n) is 3.05. The molecule has 0 radical (unpaired) electrons. The van der Waals surface area contributed by atoms with Crippen LogP contribution in [0.2, 0.25) is 0 Å². The number of hydrogen-bond acceptors (Lipinski definition) is 6. The number of halogens is 1. The number of hydrogen-bond donors (Lipinski definition) is 0. The number of benzene rings is 1. The Balaban J connectivity index is 1.44. The van der Waals surface area contributed by atoms with Gasteiger partial charge in [0.15, 0.2) is 5.01 Å². The number of carbonyl (C=O) groups is 1. The fourth-order valence-corrected chi connectivity index (χ4v) is 3.93. The van der Waals surface area contributed by atoms with Crippen molar-refractivity contribution >= 4 is 22.4 Å². The van der Waals surface area contributed by atoms with E-state index in [2.05, 4.69) is 20.1 Å². The number of pyridine rings is 1. The van der Waals surface area contributed by atoms with Crippen molar-refractivity contribution < 1.29 is 9.18 Å². The van der Waals surface area contributed by atoms with E-state index in [1.807, 2.05) is 18.2 Å². The third kappa shape index (κ3) is 3.95. The van der Waals surface area contributed by atoms with Crippen LogP contribution < -0.4 is 4.90 Å². The zero-order valence-electron chi connectivity index (χ0n) is 14.6. The molecule has 1 saturated heterocycles. The maximum Gasteiger partial charge on any atom is 0.254 e. The van der Waals surface area contributed by atoms with Crippen molar-refractivity contribution in [3.63, 3.8) is 0 Å². The van der Waals surface area contributed by atoms with E-state index in [1.165, 1.54) is 23.5 Å². The Morgan fingerprint density at radius 3 is 2.78 bits per heavy atom. The molecule has 0 bridgehead atoms. The molecule has 0 unspecified atom stereocenters. The summed E-state index contributed by atoms with van der Waals surface area (Å²) in [6.07, 6.45) is 2.55. The van der Waals surface area contributed by atoms with Gasteiger partial charge >= 0.3 is 0 Å². The highest BCUT2D eigenvalue weighted by Gasteiger charge is 2.22. The fraction of sp³-hybridized carbons (Fsp3) is 0.263. The lowest BCUT2D eigenvalue weighted by Crippen LogP contribution is -2.35. The van der Waals surface area contributed by atoms with Gasteiger partial charge in [0, 0.05) is 37.9 Å². The molecule has 3 heterocycles. The summed E-state index contributed by atoms with van der Waals surface area (Å²) in [5.74, 6) is -0.531. The van der Waals surface area contributed by atoms with Gasteiger partial charge < -0.3 is 9.80 Å². The zero-order chi connectivity index (χ0) is 18.6. The summed E-state index contributed by atoms with van der Waals surface area (Å²) in [6.45, 7) is 2.66. The summed E-state index contributed by atoms with van der Waals surface area (Å²) in [6, 6.07) is 11.5. The van der Waals surface area contributed by atoms with Gasteiger partial charge in [0.25, 0.3) is 5.91 Å². The van der Waals surface area contributed by atoms with Crippen LogP contribution in [0.5, 0.6) is 0 Å². The van der Waals surface area contributed by atoms with Gasteiger partial charge in [-0.05, 0) is 36.8 Å². The first-order valence-electron chi connectivity index (χ1n) is 8.75. The number of aromatic nitrogens is 3. The van der Waals surface area contributed by atoms with Crippen LogP contribution in [0.4, 0.5) is 9.52 Å². The van der Waals surface area contributed by atoms with E-state index in [0.29, 0.717) is 25.2 Å². The van der Waals surface area contributed by atoms with Crippen molar-refractivity contribution in [2.45, 2.75) is 6.42 Å². The molecular weight excluding hydrogens is 365 g/mol. The Morgan fingerprint density at radius 2 is 1.96 bits per heavy atom. The minimum Gasteiger partial charge on any atom is -0.345 e. The van der Waals surface area contributed by atoms with Gasteiger partial charge in [-0.2, -0.15) is 0 Å². The van der Waals surface area contributed by atoms with Crippen LogP contribution in [0.1, 0.15) is 16.8 Å². The van der Waals surface area contributed by atoms with Gasteiger partial charge in [-0.1, -0.05) is 23.5 Å². The molecule has 3 aromatic rings. The van der Waals surface area contributed by atoms with Crippen LogP contribution >= 0.6 is 11.3 Å². The van der Waals surface area contributed by atoms with Gasteiger partial charge in [0.2, 0.25) is 5.13 Å². The summed E-state index contributed by atoms with van der Waals surface area (Å²) in [4.78, 5) is 20.9. The van der Waals surface area contributed by atoms with Gasteiger partial charge in [-0.15, -0.1) is 10.2 Å². The third-order valence-electron chi connectivity index (χ3n) is 4.42. The van der Waals surface area contributed by atoms with Gasteiger partial charge in [-0.25, -0.2) is 4.39 Å². The average molecular weight is 383 g/mol. The maximum absolute atomic E-state index is 13.4. The van der Waals surface area contributed by atoms with E-state index in [-0.39, 0.29) is 5.91 Å². The molecule has 2 aromatic heterocycles. The Kier molecular flexibility index (Phi) is 5.06. The lowest BCUT2D eigenvalue weighted by molar-refractivity contribution is 0.0766. The summed E-state index contributed by atoms with van der Waals surface area (Å²) in [7, 11) is 0. The monoisotopic (exact) mass is 383 g/mol. The standard InChI is InChI=1S/C19H18FN5OS/c20-15-6-3-5-14(13-15)18(26)24-9-4-10-25(12-11-24)19-23-22-17(27-19)16-7-1-2-8-21-16/h1-3,5-8,13H,4,9-12H2. The normalized spacial score (nSPS) is 14.9. The molecule has 1 aromatic carbocycles. The summed E-state index contributed by atoms with van der Waals surface area (Å²) >= 11 is 1.50. The highest BCUT2D eigenvalue weighted by molar-refractivity contribution is 7.18. The molecule has 6 nitrogen and oxygen atoms in total. The number of rotatable bonds is 3. The van der Waals surface area contributed by atoms with E-state index < -0.39 is 5.82 Å². The highest BCUT2D eigenvalue weighted by atomic mass is 32.1. The number of nitrogens with zero attached hydrogens (tertiary/aromatic N) is 5. The van der Waals surface area contributed by atoms with Crippen LogP contribution in [0.15, 0.2) is 48.7 Å². The molecule has 1 aliphatic rings. The molecule has 0 N–H and O–H groups in total. The molecule has 1 aliphatic heterocycles. The molecule has 1 fully saturated rings. The molecule has 8 heteroatoms. The molecule has 0 atom stereocenters. The first-order valence-corrected chi connectivity index (χ1v) is 9.57. The Labute approximate surface area is 160 Å². The SMILES string of the molecule is O=C(c1cccc(F)c1)N1CCCN(c2nnc(-c3ccccn3)s2)CC1. The van der Waals surface area contributed by atoms with Gasteiger partial charge in [0.1, 0.15) is 11.5 Å². The number of carbonyl (C=O) groups excluding carboxylic acids is 1. The third-order valence-corrected chi connectivity index (χ3v) is 5.43. The maximum atomic E-state index is 13.4. The first kappa shape index (κ1) is 17.5. The van der Waals surface area contributed by atoms with E-state index in [0.717, 1.165) is 28.8 Å². The lowest BCUT2D eigenvalue weighted by atomic mass is 10.2. The van der Waals surface area contributed by atoms with Crippen molar-refractivity contribution in [1.29, 1.82) is 0 Å². The van der Waals surface area contributed by atoms with Crippen molar-refractivity contribution in [1.82, 2.24) is 20.1 Å². The average Bonchev–Trinajstić information content (AvgIpc) is 3.06. The second-order valence-electron chi connectivity index (χ2n) is 6.25. The Bertz CT molecular complexity index is 933. The van der Waals surface area contributed by atoms with Crippen LogP contribution in [-0.4, -0.2) is 52.2 Å². The summed E-state index contributed by atoms with van der Waals surface area (Å²) in [5, 5.41) is 10.2. The highest BCUT2D eigenvalue weighted by Crippen LogP contribution is 2.28. The van der Waals surface area contributed by atoms with E-state index >= 15 is 0 Å². The topological polar surface area (TPSA) is 62.2 Å². The molecule has 4 rings (SSSR count). The second-order valence-corrected chi connectivity index (χ2v) is 7.20. The number of amides is 1. The lowest BCUT2D eigenvalue weighted by Gasteiger charge is -2.21. The van der Waals surface area contributed by atoms with E-state index in [9.17, 15) is 9.18 Å². The molecule has 0 spiro atoms. The van der Waals surface area contributed by atoms with Crippen molar-refractivity contribution in [2.75, 3.05) is 31.1 Å². The Morgan fingerprint density at radius 1 is 1.04 bits per heavy atom. The molecule has 138 valence electrons. The Hall–Kier alpha value is -2.87. The molecular formula is C19H18FN5OS. The summed E-state index contributed by atoms with van der Waals surface area (Å²) in [5.41, 5.74) is 1.19. The van der Waals surface area contributed by atoms with E-state index in [4.69, 9.17) is 0 Å². The quantitative estimate of drug-likeness (QED) is 0.696. The molecule has 27 heavy (non-hydrogen) atoms. The first-order chi connectivity index (χ1) is 13.2. The molecule has 0 saturated carbocycles. The molecule has 0 aliphatic carbocycles. The molecule has 1 amide bonds. The van der Waals surface area contributed by atoms with Crippen LogP contribution in [0.3, 0.4) is 0 Å². The van der Waals surface area contributed by atoms with Crippen molar-refractivity contribution in [3.8, 4) is 10.7 Å². The minimum atomic E-state index is -0.395. The minimum absolute atomic E-state index is 0.136. The second kappa shape index (κ2) is 7.79. The van der Waals surface area contributed by atoms with Crippen molar-refractivity contribution in [3.05, 3.63) is 60.0 Å². The van der Waals surface area contributed by atoms with Crippen molar-refractivity contribution in [2.24, 2.45) is 0 Å². The predicted molar refractivity (Wildman–Crippen MR) is 102 cm³/mol. The number of anilines is 1. The van der Waals surface area contributed by atoms with Crippen LogP contribution in [0, 0.1) is 5.82 Å². The zero-order valence-corrected chi connectivity index (χ0v) is 15.4. The largest absolute Gasteiger partial charge is 0.345 e. The summed E-state index contributed by atoms with van der Waals surface area (Å²) < 4.78 is 13.4. The van der Waals surface area contributed by atoms with E-state index in [1.54, 1.807) is 23.2 Å². The predicted octanol–water partition coefficient (Wildman–Crippen LogP) is 3.09. The smallest absolute Gasteiger partial charge is 0.254 e. The van der Waals surface area contributed by atoms with Crippen LogP contribution in [0.25, 0.3) is 10.7 Å². The van der Waals surface area contributed by atoms with Gasteiger partial charge in [-0.3, -0.25) is 9.78 Å².